The van der Waals surface area contributed by atoms with Crippen LogP contribution in [-0.4, -0.2) is 29.7 Å². The van der Waals surface area contributed by atoms with E-state index in [1.807, 2.05) is 19.1 Å². The zero-order valence-corrected chi connectivity index (χ0v) is 12.9. The maximum absolute atomic E-state index is 12.1. The molecule has 4 rings (SSSR count). The van der Waals surface area contributed by atoms with Gasteiger partial charge in [0.25, 0.3) is 0 Å². The lowest BCUT2D eigenvalue weighted by Crippen LogP contribution is -2.51. The quantitative estimate of drug-likeness (QED) is 0.691. The van der Waals surface area contributed by atoms with Gasteiger partial charge in [-0.05, 0) is 42.7 Å². The first-order chi connectivity index (χ1) is 11.2. The Bertz CT molecular complexity index is 765. The molecule has 1 atom stereocenters. The van der Waals surface area contributed by atoms with Crippen molar-refractivity contribution in [1.29, 1.82) is 0 Å². The molecule has 0 spiro atoms. The number of fused-ring (bicyclic) bond motifs is 2. The summed E-state index contributed by atoms with van der Waals surface area (Å²) in [5, 5.41) is 4.22. The zero-order valence-electron chi connectivity index (χ0n) is 12.9. The van der Waals surface area contributed by atoms with E-state index < -0.39 is 11.6 Å². The summed E-state index contributed by atoms with van der Waals surface area (Å²) in [4.78, 5) is 26.8. The standard InChI is InChI=1S/C17H18N2O4/c1-2-17(6-8-21-17)16(20)23-22-13-3-4-14-12(10-13)9-11-5-7-18-15(11)19-14/h3-4,9-10H,2,5-8H2,1H3,(H,18,19). The molecule has 1 aromatic heterocycles. The van der Waals surface area contributed by atoms with Crippen LogP contribution >= 0.6 is 0 Å². The van der Waals surface area contributed by atoms with Crippen LogP contribution in [0.25, 0.3) is 10.9 Å². The Morgan fingerprint density at radius 2 is 2.30 bits per heavy atom. The number of ether oxygens (including phenoxy) is 1. The number of anilines is 1. The molecule has 0 amide bonds. The van der Waals surface area contributed by atoms with Gasteiger partial charge in [-0.2, -0.15) is 0 Å². The molecule has 1 aromatic carbocycles. The molecule has 1 unspecified atom stereocenters. The van der Waals surface area contributed by atoms with Crippen LogP contribution in [-0.2, 0) is 20.8 Å². The first kappa shape index (κ1) is 14.3. The lowest BCUT2D eigenvalue weighted by molar-refractivity contribution is -0.254. The number of rotatable bonds is 4. The van der Waals surface area contributed by atoms with Crippen molar-refractivity contribution in [2.75, 3.05) is 18.5 Å². The normalized spacial score (nSPS) is 22.1. The number of nitrogens with zero attached hydrogens (tertiary/aromatic N) is 1. The van der Waals surface area contributed by atoms with E-state index in [1.165, 1.54) is 5.56 Å². The van der Waals surface area contributed by atoms with Crippen LogP contribution in [0.4, 0.5) is 5.82 Å². The summed E-state index contributed by atoms with van der Waals surface area (Å²) in [5.74, 6) is 0.955. The molecule has 1 fully saturated rings. The number of hydrogen-bond donors (Lipinski definition) is 1. The number of aromatic nitrogens is 1. The fourth-order valence-corrected chi connectivity index (χ4v) is 3.00. The van der Waals surface area contributed by atoms with Crippen molar-refractivity contribution in [3.05, 3.63) is 29.8 Å². The molecule has 23 heavy (non-hydrogen) atoms. The van der Waals surface area contributed by atoms with Gasteiger partial charge in [0.05, 0.1) is 12.1 Å². The van der Waals surface area contributed by atoms with Crippen molar-refractivity contribution in [3.63, 3.8) is 0 Å². The van der Waals surface area contributed by atoms with E-state index in [2.05, 4.69) is 16.4 Å². The first-order valence-electron chi connectivity index (χ1n) is 7.91. The van der Waals surface area contributed by atoms with E-state index in [-0.39, 0.29) is 0 Å². The highest BCUT2D eigenvalue weighted by Crippen LogP contribution is 2.32. The van der Waals surface area contributed by atoms with Gasteiger partial charge in [-0.25, -0.2) is 14.7 Å². The molecule has 6 nitrogen and oxygen atoms in total. The van der Waals surface area contributed by atoms with Gasteiger partial charge in [-0.3, -0.25) is 4.89 Å². The maximum Gasteiger partial charge on any atom is 0.386 e. The van der Waals surface area contributed by atoms with E-state index in [4.69, 9.17) is 14.5 Å². The molecule has 0 bridgehead atoms. The van der Waals surface area contributed by atoms with E-state index in [9.17, 15) is 4.79 Å². The van der Waals surface area contributed by atoms with Crippen molar-refractivity contribution in [3.8, 4) is 5.75 Å². The summed E-state index contributed by atoms with van der Waals surface area (Å²) in [6.45, 7) is 3.40. The molecular formula is C17H18N2O4. The molecule has 1 N–H and O–H groups in total. The third-order valence-electron chi connectivity index (χ3n) is 4.59. The van der Waals surface area contributed by atoms with Crippen molar-refractivity contribution < 1.29 is 19.3 Å². The topological polar surface area (TPSA) is 69.7 Å². The highest BCUT2D eigenvalue weighted by atomic mass is 17.2. The summed E-state index contributed by atoms with van der Waals surface area (Å²) in [6, 6.07) is 7.52. The Morgan fingerprint density at radius 3 is 3.04 bits per heavy atom. The second kappa shape index (κ2) is 5.38. The molecule has 0 saturated carbocycles. The van der Waals surface area contributed by atoms with Crippen molar-refractivity contribution >= 4 is 22.7 Å². The van der Waals surface area contributed by atoms with Crippen LogP contribution in [0.3, 0.4) is 0 Å². The van der Waals surface area contributed by atoms with Crippen LogP contribution in [0.2, 0.25) is 0 Å². The predicted octanol–water partition coefficient (Wildman–Crippen LogP) is 2.61. The average Bonchev–Trinajstić information content (AvgIpc) is 2.97. The molecule has 3 heterocycles. The largest absolute Gasteiger partial charge is 0.386 e. The van der Waals surface area contributed by atoms with Gasteiger partial charge in [0.15, 0.2) is 11.4 Å². The maximum atomic E-state index is 12.1. The van der Waals surface area contributed by atoms with Gasteiger partial charge >= 0.3 is 5.97 Å². The second-order valence-corrected chi connectivity index (χ2v) is 5.93. The van der Waals surface area contributed by atoms with Gasteiger partial charge in [0, 0.05) is 18.4 Å². The molecular weight excluding hydrogens is 296 g/mol. The lowest BCUT2D eigenvalue weighted by Gasteiger charge is -2.37. The van der Waals surface area contributed by atoms with Gasteiger partial charge in [-0.15, -0.1) is 0 Å². The van der Waals surface area contributed by atoms with E-state index in [1.54, 1.807) is 6.07 Å². The predicted molar refractivity (Wildman–Crippen MR) is 84.2 cm³/mol. The zero-order chi connectivity index (χ0) is 15.9. The smallest absolute Gasteiger partial charge is 0.369 e. The minimum Gasteiger partial charge on any atom is -0.369 e. The number of pyridine rings is 1. The van der Waals surface area contributed by atoms with Crippen LogP contribution in [0.15, 0.2) is 24.3 Å². The van der Waals surface area contributed by atoms with Gasteiger partial charge in [0.2, 0.25) is 0 Å². The number of hydrogen-bond acceptors (Lipinski definition) is 6. The van der Waals surface area contributed by atoms with Crippen LogP contribution in [0, 0.1) is 0 Å². The number of benzene rings is 1. The van der Waals surface area contributed by atoms with Gasteiger partial charge in [-0.1, -0.05) is 6.92 Å². The fraction of sp³-hybridized carbons (Fsp3) is 0.412. The van der Waals surface area contributed by atoms with Crippen molar-refractivity contribution in [1.82, 2.24) is 4.98 Å². The summed E-state index contributed by atoms with van der Waals surface area (Å²) in [6.07, 6.45) is 2.22. The monoisotopic (exact) mass is 314 g/mol. The molecule has 2 aliphatic heterocycles. The van der Waals surface area contributed by atoms with Gasteiger partial charge in [0.1, 0.15) is 5.82 Å². The highest BCUT2D eigenvalue weighted by molar-refractivity contribution is 5.84. The minimum atomic E-state index is -0.828. The summed E-state index contributed by atoms with van der Waals surface area (Å²) >= 11 is 0. The van der Waals surface area contributed by atoms with Gasteiger partial charge < -0.3 is 10.1 Å². The minimum absolute atomic E-state index is 0.470. The highest BCUT2D eigenvalue weighted by Gasteiger charge is 2.47. The molecule has 6 heteroatoms. The summed E-state index contributed by atoms with van der Waals surface area (Å²) in [5.41, 5.74) is 1.24. The van der Waals surface area contributed by atoms with E-state index in [0.717, 1.165) is 29.7 Å². The molecule has 0 radical (unpaired) electrons. The Labute approximate surface area is 133 Å². The Hall–Kier alpha value is -2.34. The van der Waals surface area contributed by atoms with Crippen molar-refractivity contribution in [2.24, 2.45) is 0 Å². The van der Waals surface area contributed by atoms with Crippen molar-refractivity contribution in [2.45, 2.75) is 31.8 Å². The Balaban J connectivity index is 1.51. The third-order valence-corrected chi connectivity index (χ3v) is 4.59. The SMILES string of the molecule is CCC1(C(=O)OOc2ccc3nc4c(cc3c2)CCN4)CCO1. The third kappa shape index (κ3) is 2.39. The Morgan fingerprint density at radius 1 is 1.43 bits per heavy atom. The van der Waals surface area contributed by atoms with E-state index >= 15 is 0 Å². The molecule has 1 saturated heterocycles. The molecule has 120 valence electrons. The molecule has 0 aliphatic carbocycles. The first-order valence-corrected chi connectivity index (χ1v) is 7.91. The number of nitrogens with one attached hydrogen (secondary N) is 1. The molecule has 2 aromatic rings. The number of carbonyl (C=O) groups excluding carboxylic acids is 1. The number of carbonyl (C=O) groups is 1. The summed E-state index contributed by atoms with van der Waals surface area (Å²) < 4.78 is 5.37. The second-order valence-electron chi connectivity index (χ2n) is 5.93. The molecule has 2 aliphatic rings. The van der Waals surface area contributed by atoms with Crippen LogP contribution < -0.4 is 10.2 Å². The Kier molecular flexibility index (Phi) is 3.34. The average molecular weight is 314 g/mol. The lowest BCUT2D eigenvalue weighted by atomic mass is 9.92. The van der Waals surface area contributed by atoms with E-state index in [0.29, 0.717) is 25.2 Å². The van der Waals surface area contributed by atoms with Crippen LogP contribution in [0.5, 0.6) is 5.75 Å². The fourth-order valence-electron chi connectivity index (χ4n) is 3.00. The van der Waals surface area contributed by atoms with Crippen LogP contribution in [0.1, 0.15) is 25.3 Å². The summed E-state index contributed by atoms with van der Waals surface area (Å²) in [7, 11) is 0.